The number of hydrogen-bond donors (Lipinski definition) is 1. The first-order valence-electron chi connectivity index (χ1n) is 4.83. The smallest absolute Gasteiger partial charge is 0.00690 e. The van der Waals surface area contributed by atoms with Crippen LogP contribution in [0.15, 0.2) is 24.3 Å². The van der Waals surface area contributed by atoms with Crippen LogP contribution in [0.5, 0.6) is 0 Å². The van der Waals surface area contributed by atoms with Crippen LogP contribution in [0.25, 0.3) is 0 Å². The van der Waals surface area contributed by atoms with Gasteiger partial charge in [-0.25, -0.2) is 0 Å². The van der Waals surface area contributed by atoms with Crippen molar-refractivity contribution in [2.75, 3.05) is 6.54 Å². The Labute approximate surface area is 81.0 Å². The van der Waals surface area contributed by atoms with Gasteiger partial charge in [0, 0.05) is 0 Å². The summed E-state index contributed by atoms with van der Waals surface area (Å²) in [6.07, 6.45) is 1.04. The van der Waals surface area contributed by atoms with Crippen molar-refractivity contribution < 1.29 is 0 Å². The Hall–Kier alpha value is -0.820. The first-order chi connectivity index (χ1) is 6.06. The first-order valence-corrected chi connectivity index (χ1v) is 4.83. The first kappa shape index (κ1) is 10.3. The topological polar surface area (TPSA) is 26.0 Å². The molecule has 1 aromatic rings. The molecule has 0 fully saturated rings. The summed E-state index contributed by atoms with van der Waals surface area (Å²) in [6, 6.07) is 8.67. The lowest BCUT2D eigenvalue weighted by atomic mass is 9.81. The summed E-state index contributed by atoms with van der Waals surface area (Å²) in [5, 5.41) is 0. The van der Waals surface area contributed by atoms with Gasteiger partial charge in [0.05, 0.1) is 0 Å². The monoisotopic (exact) mass is 177 g/mol. The number of rotatable bonds is 3. The van der Waals surface area contributed by atoms with Gasteiger partial charge in [0.2, 0.25) is 0 Å². The SMILES string of the molecule is Cc1cccc(C(C)(C)CCN)c1. The van der Waals surface area contributed by atoms with E-state index in [4.69, 9.17) is 5.73 Å². The molecule has 2 N–H and O–H groups in total. The van der Waals surface area contributed by atoms with Gasteiger partial charge in [-0.2, -0.15) is 0 Å². The maximum Gasteiger partial charge on any atom is -0.00690 e. The van der Waals surface area contributed by atoms with Gasteiger partial charge >= 0.3 is 0 Å². The van der Waals surface area contributed by atoms with E-state index in [0.29, 0.717) is 0 Å². The molecule has 0 radical (unpaired) electrons. The van der Waals surface area contributed by atoms with Gasteiger partial charge in [0.15, 0.2) is 0 Å². The van der Waals surface area contributed by atoms with Crippen molar-refractivity contribution >= 4 is 0 Å². The van der Waals surface area contributed by atoms with Crippen LogP contribution in [0.1, 0.15) is 31.4 Å². The van der Waals surface area contributed by atoms with E-state index in [2.05, 4.69) is 45.0 Å². The zero-order valence-corrected chi connectivity index (χ0v) is 8.80. The Morgan fingerprint density at radius 1 is 1.31 bits per heavy atom. The average molecular weight is 177 g/mol. The fraction of sp³-hybridized carbons (Fsp3) is 0.500. The van der Waals surface area contributed by atoms with Crippen LogP contribution < -0.4 is 5.73 Å². The summed E-state index contributed by atoms with van der Waals surface area (Å²) in [4.78, 5) is 0. The van der Waals surface area contributed by atoms with Crippen molar-refractivity contribution in [2.45, 2.75) is 32.6 Å². The third-order valence-corrected chi connectivity index (χ3v) is 2.57. The second-order valence-corrected chi connectivity index (χ2v) is 4.29. The lowest BCUT2D eigenvalue weighted by molar-refractivity contribution is 0.487. The summed E-state index contributed by atoms with van der Waals surface area (Å²) in [7, 11) is 0. The molecule has 0 aliphatic carbocycles. The molecule has 0 saturated carbocycles. The Morgan fingerprint density at radius 3 is 2.54 bits per heavy atom. The molecule has 0 saturated heterocycles. The molecule has 0 spiro atoms. The van der Waals surface area contributed by atoms with Crippen LogP contribution in [0.4, 0.5) is 0 Å². The molecule has 0 aliphatic rings. The molecule has 0 amide bonds. The van der Waals surface area contributed by atoms with Gasteiger partial charge in [-0.3, -0.25) is 0 Å². The minimum absolute atomic E-state index is 0.209. The van der Waals surface area contributed by atoms with Gasteiger partial charge in [0.25, 0.3) is 0 Å². The van der Waals surface area contributed by atoms with Crippen molar-refractivity contribution in [3.05, 3.63) is 35.4 Å². The molecule has 0 atom stereocenters. The minimum atomic E-state index is 0.209. The van der Waals surface area contributed by atoms with Crippen molar-refractivity contribution in [1.82, 2.24) is 0 Å². The van der Waals surface area contributed by atoms with E-state index in [1.807, 2.05) is 0 Å². The fourth-order valence-corrected chi connectivity index (χ4v) is 1.57. The summed E-state index contributed by atoms with van der Waals surface area (Å²) in [6.45, 7) is 7.37. The summed E-state index contributed by atoms with van der Waals surface area (Å²) in [5.74, 6) is 0. The van der Waals surface area contributed by atoms with Crippen molar-refractivity contribution in [3.8, 4) is 0 Å². The molecule has 13 heavy (non-hydrogen) atoms. The van der Waals surface area contributed by atoms with Gasteiger partial charge in [-0.15, -0.1) is 0 Å². The molecule has 1 aromatic carbocycles. The molecule has 0 bridgehead atoms. The highest BCUT2D eigenvalue weighted by atomic mass is 14.5. The van der Waals surface area contributed by atoms with Crippen molar-refractivity contribution in [1.29, 1.82) is 0 Å². The van der Waals surface area contributed by atoms with E-state index < -0.39 is 0 Å². The third-order valence-electron chi connectivity index (χ3n) is 2.57. The molecule has 0 aliphatic heterocycles. The van der Waals surface area contributed by atoms with Crippen LogP contribution in [0.2, 0.25) is 0 Å². The Kier molecular flexibility index (Phi) is 3.10. The van der Waals surface area contributed by atoms with E-state index in [1.54, 1.807) is 0 Å². The van der Waals surface area contributed by atoms with E-state index in [9.17, 15) is 0 Å². The molecule has 72 valence electrons. The van der Waals surface area contributed by atoms with Crippen LogP contribution in [-0.2, 0) is 5.41 Å². The lowest BCUT2D eigenvalue weighted by Gasteiger charge is -2.24. The molecule has 0 unspecified atom stereocenters. The van der Waals surface area contributed by atoms with Crippen molar-refractivity contribution in [2.24, 2.45) is 5.73 Å². The summed E-state index contributed by atoms with van der Waals surface area (Å²) < 4.78 is 0. The zero-order chi connectivity index (χ0) is 9.90. The fourth-order valence-electron chi connectivity index (χ4n) is 1.57. The molecular weight excluding hydrogens is 158 g/mol. The lowest BCUT2D eigenvalue weighted by Crippen LogP contribution is -2.21. The van der Waals surface area contributed by atoms with Crippen LogP contribution >= 0.6 is 0 Å². The molecule has 1 nitrogen and oxygen atoms in total. The van der Waals surface area contributed by atoms with Gasteiger partial charge < -0.3 is 5.73 Å². The highest BCUT2D eigenvalue weighted by molar-refractivity contribution is 5.28. The minimum Gasteiger partial charge on any atom is -0.330 e. The normalized spacial score (nSPS) is 11.7. The quantitative estimate of drug-likeness (QED) is 0.754. The van der Waals surface area contributed by atoms with E-state index in [0.717, 1.165) is 13.0 Å². The summed E-state index contributed by atoms with van der Waals surface area (Å²) >= 11 is 0. The molecule has 1 heteroatoms. The van der Waals surface area contributed by atoms with Crippen LogP contribution in [0.3, 0.4) is 0 Å². The number of nitrogens with two attached hydrogens (primary N) is 1. The average Bonchev–Trinajstić information content (AvgIpc) is 2.04. The van der Waals surface area contributed by atoms with Gasteiger partial charge in [0.1, 0.15) is 0 Å². The predicted molar refractivity (Wildman–Crippen MR) is 57.9 cm³/mol. The number of benzene rings is 1. The molecule has 0 heterocycles. The predicted octanol–water partition coefficient (Wildman–Crippen LogP) is 2.62. The van der Waals surface area contributed by atoms with Gasteiger partial charge in [-0.05, 0) is 30.9 Å². The number of hydrogen-bond acceptors (Lipinski definition) is 1. The second kappa shape index (κ2) is 3.93. The maximum absolute atomic E-state index is 5.59. The van der Waals surface area contributed by atoms with Gasteiger partial charge in [-0.1, -0.05) is 43.7 Å². The van der Waals surface area contributed by atoms with E-state index >= 15 is 0 Å². The second-order valence-electron chi connectivity index (χ2n) is 4.29. The Bertz CT molecular complexity index is 276. The Balaban J connectivity index is 2.93. The number of aryl methyl sites for hydroxylation is 1. The molecular formula is C12H19N. The molecule has 0 aromatic heterocycles. The summed E-state index contributed by atoms with van der Waals surface area (Å²) in [5.41, 5.74) is 8.51. The largest absolute Gasteiger partial charge is 0.330 e. The maximum atomic E-state index is 5.59. The molecule has 1 rings (SSSR count). The van der Waals surface area contributed by atoms with Crippen LogP contribution in [-0.4, -0.2) is 6.54 Å². The van der Waals surface area contributed by atoms with Crippen LogP contribution in [0, 0.1) is 6.92 Å². The highest BCUT2D eigenvalue weighted by Gasteiger charge is 2.18. The standard InChI is InChI=1S/C12H19N/c1-10-5-4-6-11(9-10)12(2,3)7-8-13/h4-6,9H,7-8,13H2,1-3H3. The van der Waals surface area contributed by atoms with E-state index in [-0.39, 0.29) is 5.41 Å². The zero-order valence-electron chi connectivity index (χ0n) is 8.80. The van der Waals surface area contributed by atoms with E-state index in [1.165, 1.54) is 11.1 Å². The highest BCUT2D eigenvalue weighted by Crippen LogP contribution is 2.26. The third kappa shape index (κ3) is 2.56. The van der Waals surface area contributed by atoms with Crippen molar-refractivity contribution in [3.63, 3.8) is 0 Å². The Morgan fingerprint density at radius 2 is 2.00 bits per heavy atom.